The van der Waals surface area contributed by atoms with Crippen molar-refractivity contribution in [3.63, 3.8) is 0 Å². The van der Waals surface area contributed by atoms with E-state index in [4.69, 9.17) is 19.7 Å². The summed E-state index contributed by atoms with van der Waals surface area (Å²) in [6.45, 7) is 20.1. The monoisotopic (exact) mass is 886 g/mol. The van der Waals surface area contributed by atoms with Gasteiger partial charge in [-0.05, 0) is 96.3 Å². The first-order valence-electron chi connectivity index (χ1n) is 20.2. The summed E-state index contributed by atoms with van der Waals surface area (Å²) in [6, 6.07) is 22.2. The smallest absolute Gasteiger partial charge is 0.135 e. The summed E-state index contributed by atoms with van der Waals surface area (Å²) in [7, 11) is 0. The fourth-order valence-electron chi connectivity index (χ4n) is 9.19. The summed E-state index contributed by atoms with van der Waals surface area (Å²) in [5.41, 5.74) is 12.7. The summed E-state index contributed by atoms with van der Waals surface area (Å²) in [5, 5.41) is 7.45. The Morgan fingerprint density at radius 1 is 0.849 bits per heavy atom. The molecule has 53 heavy (non-hydrogen) atoms. The number of fused-ring (bicyclic) bond motifs is 6. The third-order valence-electron chi connectivity index (χ3n) is 11.9. The molecule has 0 atom stereocenters. The van der Waals surface area contributed by atoms with Gasteiger partial charge in [0.25, 0.3) is 0 Å². The molecular weight excluding hydrogens is 827 g/mol. The minimum Gasteiger partial charge on any atom is -0.466 e. The number of aliphatic imine (C=N–C) groups is 1. The standard InChI is InChI=1S/C32H30NO.C16H29N2.Ir/c1-17(2)21-11-12-27-24(16-21)30-31(34-27)23-10-8-9-22(29(23)32(30,6)7)25-15-20(5)28-19(4)13-18(3)14-26(28)33-25;1-13(2)16(17-14-9-5-3-6-10-14)18-15-11-7-4-8-12-15;/h8,10-17H,1-7H3;13-15H,3-12H2,1-2H3;/q2*-1;. The van der Waals surface area contributed by atoms with Crippen molar-refractivity contribution in [1.29, 1.82) is 0 Å². The Hall–Kier alpha value is -3.27. The molecule has 2 saturated carbocycles. The van der Waals surface area contributed by atoms with Gasteiger partial charge in [0, 0.05) is 36.4 Å². The second-order valence-corrected chi connectivity index (χ2v) is 17.1. The van der Waals surface area contributed by atoms with Crippen molar-refractivity contribution in [3.05, 3.63) is 93.3 Å². The van der Waals surface area contributed by atoms with Crippen LogP contribution in [0.2, 0.25) is 0 Å². The fraction of sp³-hybridized carbons (Fsp3) is 0.500. The van der Waals surface area contributed by atoms with Crippen LogP contribution in [0, 0.1) is 32.8 Å². The number of nitrogens with zero attached hydrogens (tertiary/aromatic N) is 3. The molecule has 0 saturated heterocycles. The van der Waals surface area contributed by atoms with Crippen molar-refractivity contribution in [3.8, 4) is 22.6 Å². The van der Waals surface area contributed by atoms with Crippen molar-refractivity contribution in [2.24, 2.45) is 10.9 Å². The summed E-state index contributed by atoms with van der Waals surface area (Å²) >= 11 is 0. The second kappa shape index (κ2) is 16.2. The Kier molecular flexibility index (Phi) is 12.1. The molecule has 4 nitrogen and oxygen atoms in total. The van der Waals surface area contributed by atoms with E-state index in [9.17, 15) is 0 Å². The molecule has 2 heterocycles. The average molecular weight is 886 g/mol. The molecular formula is C48H59IrN3O-2. The molecule has 3 aliphatic rings. The largest absolute Gasteiger partial charge is 0.466 e. The summed E-state index contributed by atoms with van der Waals surface area (Å²) in [5.74, 6) is 3.13. The molecule has 0 spiro atoms. The molecule has 3 aromatic carbocycles. The number of furan rings is 1. The molecule has 2 fully saturated rings. The second-order valence-electron chi connectivity index (χ2n) is 17.1. The van der Waals surface area contributed by atoms with Crippen LogP contribution in [0.4, 0.5) is 0 Å². The normalized spacial score (nSPS) is 17.5. The fourth-order valence-corrected chi connectivity index (χ4v) is 9.19. The van der Waals surface area contributed by atoms with Gasteiger partial charge in [-0.2, -0.15) is 0 Å². The first-order chi connectivity index (χ1) is 24.9. The maximum atomic E-state index is 6.49. The van der Waals surface area contributed by atoms with Crippen molar-refractivity contribution in [2.45, 2.75) is 150 Å². The topological polar surface area (TPSA) is 52.5 Å². The van der Waals surface area contributed by atoms with Crippen molar-refractivity contribution in [2.75, 3.05) is 0 Å². The molecule has 0 bridgehead atoms. The molecule has 8 rings (SSSR count). The zero-order chi connectivity index (χ0) is 36.7. The zero-order valence-corrected chi connectivity index (χ0v) is 36.0. The van der Waals surface area contributed by atoms with Gasteiger partial charge in [-0.3, -0.25) is 4.98 Å². The first-order valence-corrected chi connectivity index (χ1v) is 20.2. The number of hydrogen-bond acceptors (Lipinski definition) is 3. The molecule has 1 radical (unpaired) electrons. The molecule has 0 N–H and O–H groups in total. The minimum absolute atomic E-state index is 0. The van der Waals surface area contributed by atoms with Crippen LogP contribution in [0.1, 0.15) is 145 Å². The number of amidine groups is 1. The number of benzene rings is 3. The minimum atomic E-state index is -0.217. The maximum Gasteiger partial charge on any atom is 0.135 e. The number of aryl methyl sites for hydroxylation is 3. The SMILES string of the molecule is CC(C)C(=NC1CCCCC1)[N-]C1CCCCC1.Cc1cc(C)c2c(C)cc(-c3[c-]ccc4c3C(C)(C)c3c-4oc4ccc(C(C)C)cc34)nc2c1.[Ir]. The van der Waals surface area contributed by atoms with E-state index in [0.717, 1.165) is 39.5 Å². The molecule has 5 heteroatoms. The van der Waals surface area contributed by atoms with E-state index in [2.05, 4.69) is 111 Å². The molecule has 5 aromatic rings. The third-order valence-corrected chi connectivity index (χ3v) is 11.9. The van der Waals surface area contributed by atoms with Gasteiger partial charge < -0.3 is 14.7 Å². The van der Waals surface area contributed by atoms with Crippen LogP contribution in [0.3, 0.4) is 0 Å². The Balaban J connectivity index is 0.000000215. The van der Waals surface area contributed by atoms with Crippen LogP contribution in [0.25, 0.3) is 49.8 Å². The van der Waals surface area contributed by atoms with E-state index in [1.54, 1.807) is 0 Å². The Labute approximate surface area is 332 Å². The van der Waals surface area contributed by atoms with E-state index in [0.29, 0.717) is 23.9 Å². The Morgan fingerprint density at radius 2 is 1.53 bits per heavy atom. The van der Waals surface area contributed by atoms with Crippen LogP contribution >= 0.6 is 0 Å². The zero-order valence-electron chi connectivity index (χ0n) is 33.6. The van der Waals surface area contributed by atoms with Crippen LogP contribution < -0.4 is 0 Å². The Bertz CT molecular complexity index is 2110. The van der Waals surface area contributed by atoms with Gasteiger partial charge >= 0.3 is 0 Å². The van der Waals surface area contributed by atoms with Gasteiger partial charge in [-0.25, -0.2) is 0 Å². The van der Waals surface area contributed by atoms with E-state index in [1.807, 2.05) is 6.07 Å². The van der Waals surface area contributed by atoms with Crippen LogP contribution in [-0.2, 0) is 25.5 Å². The number of pyridine rings is 1. The van der Waals surface area contributed by atoms with Gasteiger partial charge in [0.05, 0.1) is 5.52 Å². The van der Waals surface area contributed by atoms with Crippen molar-refractivity contribution < 1.29 is 24.5 Å². The van der Waals surface area contributed by atoms with E-state index < -0.39 is 0 Å². The summed E-state index contributed by atoms with van der Waals surface area (Å²) < 4.78 is 6.49. The third kappa shape index (κ3) is 7.94. The molecule has 2 aromatic heterocycles. The predicted molar refractivity (Wildman–Crippen MR) is 221 cm³/mol. The molecule has 283 valence electrons. The maximum absolute atomic E-state index is 6.49. The first kappa shape index (κ1) is 39.4. The van der Waals surface area contributed by atoms with Gasteiger partial charge in [0.2, 0.25) is 0 Å². The molecule has 0 amide bonds. The predicted octanol–water partition coefficient (Wildman–Crippen LogP) is 13.9. The summed E-state index contributed by atoms with van der Waals surface area (Å²) in [4.78, 5) is 10.1. The van der Waals surface area contributed by atoms with Gasteiger partial charge in [-0.15, -0.1) is 29.3 Å². The van der Waals surface area contributed by atoms with E-state index in [1.165, 1.54) is 108 Å². The van der Waals surface area contributed by atoms with Gasteiger partial charge in [0.15, 0.2) is 0 Å². The van der Waals surface area contributed by atoms with Crippen LogP contribution in [0.15, 0.2) is 57.9 Å². The average Bonchev–Trinajstić information content (AvgIpc) is 3.61. The molecule has 0 aliphatic heterocycles. The molecule has 3 aliphatic carbocycles. The van der Waals surface area contributed by atoms with Crippen LogP contribution in [0.5, 0.6) is 0 Å². The van der Waals surface area contributed by atoms with E-state index >= 15 is 0 Å². The van der Waals surface area contributed by atoms with Crippen molar-refractivity contribution in [1.82, 2.24) is 4.98 Å². The quantitative estimate of drug-likeness (QED) is 0.100. The number of hydrogen-bond donors (Lipinski definition) is 0. The number of rotatable bonds is 5. The Morgan fingerprint density at radius 3 is 2.21 bits per heavy atom. The van der Waals surface area contributed by atoms with Gasteiger partial charge in [-0.1, -0.05) is 135 Å². The van der Waals surface area contributed by atoms with Gasteiger partial charge in [0.1, 0.15) is 11.3 Å². The van der Waals surface area contributed by atoms with Crippen LogP contribution in [-0.4, -0.2) is 22.9 Å². The number of aromatic nitrogens is 1. The molecule has 0 unspecified atom stereocenters. The summed E-state index contributed by atoms with van der Waals surface area (Å²) in [6.07, 6.45) is 13.4. The van der Waals surface area contributed by atoms with E-state index in [-0.39, 0.29) is 25.5 Å². The van der Waals surface area contributed by atoms with Crippen molar-refractivity contribution >= 4 is 27.7 Å².